The van der Waals surface area contributed by atoms with Crippen LogP contribution in [0.2, 0.25) is 0 Å². The van der Waals surface area contributed by atoms with Gasteiger partial charge in [-0.3, -0.25) is 19.4 Å². The molecule has 0 amide bonds. The second-order valence-corrected chi connectivity index (χ2v) is 11.6. The molecule has 1 spiro atoms. The lowest BCUT2D eigenvalue weighted by Crippen LogP contribution is -2.48. The molecule has 4 aromatic carbocycles. The molecule has 1 aromatic heterocycles. The fourth-order valence-electron chi connectivity index (χ4n) is 7.78. The number of anilines is 1. The van der Waals surface area contributed by atoms with Crippen LogP contribution in [0.1, 0.15) is 48.1 Å². The van der Waals surface area contributed by atoms with Gasteiger partial charge in [-0.15, -0.1) is 0 Å². The van der Waals surface area contributed by atoms with Gasteiger partial charge in [-0.2, -0.15) is 0 Å². The van der Waals surface area contributed by atoms with Crippen molar-refractivity contribution in [3.63, 3.8) is 0 Å². The van der Waals surface area contributed by atoms with Crippen LogP contribution in [0.15, 0.2) is 109 Å². The van der Waals surface area contributed by atoms with Crippen LogP contribution in [0.4, 0.5) is 5.69 Å². The van der Waals surface area contributed by atoms with E-state index in [1.165, 1.54) is 0 Å². The van der Waals surface area contributed by atoms with Crippen molar-refractivity contribution in [2.45, 2.75) is 18.0 Å². The number of fused-ring (bicyclic) bond motifs is 7. The second-order valence-electron chi connectivity index (χ2n) is 11.6. The van der Waals surface area contributed by atoms with Gasteiger partial charge in [0.25, 0.3) is 0 Å². The van der Waals surface area contributed by atoms with Gasteiger partial charge in [0.2, 0.25) is 0 Å². The van der Waals surface area contributed by atoms with E-state index in [0.29, 0.717) is 39.3 Å². The van der Waals surface area contributed by atoms with E-state index in [1.807, 2.05) is 65.6 Å². The Hall–Kier alpha value is -5.56. The summed E-state index contributed by atoms with van der Waals surface area (Å²) in [4.78, 5) is 51.7. The average molecular weight is 593 g/mol. The molecular formula is C38H28N2O5. The number of Topliss-reactive ketones (excluding diaryl/α,β-unsaturated/α-hetero) is 3. The first-order valence-corrected chi connectivity index (χ1v) is 14.8. The Morgan fingerprint density at radius 1 is 0.800 bits per heavy atom. The third kappa shape index (κ3) is 3.58. The third-order valence-electron chi connectivity index (χ3n) is 9.63. The highest BCUT2D eigenvalue weighted by Crippen LogP contribution is 2.62. The molecule has 7 nitrogen and oxygen atoms in total. The molecule has 0 bridgehead atoms. The molecule has 1 saturated heterocycles. The fourth-order valence-corrected chi connectivity index (χ4v) is 7.78. The Kier molecular flexibility index (Phi) is 6.00. The Bertz CT molecular complexity index is 2050. The lowest BCUT2D eigenvalue weighted by molar-refractivity contribution is 0.0665. The number of ketones is 3. The lowest BCUT2D eigenvalue weighted by atomic mass is 9.64. The third-order valence-corrected chi connectivity index (χ3v) is 9.63. The summed E-state index contributed by atoms with van der Waals surface area (Å²) >= 11 is 0. The maximum atomic E-state index is 15.0. The molecule has 220 valence electrons. The minimum absolute atomic E-state index is 0.192. The van der Waals surface area contributed by atoms with Gasteiger partial charge in [0.05, 0.1) is 31.5 Å². The van der Waals surface area contributed by atoms with Crippen LogP contribution < -0.4 is 14.4 Å². The van der Waals surface area contributed by atoms with E-state index < -0.39 is 23.4 Å². The van der Waals surface area contributed by atoms with Crippen LogP contribution in [0.3, 0.4) is 0 Å². The highest BCUT2D eigenvalue weighted by atomic mass is 16.5. The molecule has 3 aliphatic rings. The van der Waals surface area contributed by atoms with E-state index in [4.69, 9.17) is 14.5 Å². The summed E-state index contributed by atoms with van der Waals surface area (Å²) in [6.45, 7) is 0. The van der Waals surface area contributed by atoms with Gasteiger partial charge < -0.3 is 14.4 Å². The molecule has 1 fully saturated rings. The number of hydrogen-bond donors (Lipinski definition) is 0. The summed E-state index contributed by atoms with van der Waals surface area (Å²) in [5, 5.41) is 0.896. The van der Waals surface area contributed by atoms with Gasteiger partial charge in [0.1, 0.15) is 11.5 Å². The van der Waals surface area contributed by atoms with Crippen LogP contribution in [-0.4, -0.2) is 48.6 Å². The van der Waals surface area contributed by atoms with Crippen molar-refractivity contribution in [2.24, 2.45) is 5.41 Å². The van der Waals surface area contributed by atoms with Gasteiger partial charge in [0, 0.05) is 34.2 Å². The number of ether oxygens (including phenoxy) is 2. The molecule has 3 heterocycles. The van der Waals surface area contributed by atoms with Crippen LogP contribution in [0.25, 0.3) is 17.0 Å². The number of benzene rings is 4. The van der Waals surface area contributed by atoms with Gasteiger partial charge in [-0.05, 0) is 29.3 Å². The van der Waals surface area contributed by atoms with Crippen LogP contribution in [0.5, 0.6) is 11.5 Å². The van der Waals surface area contributed by atoms with E-state index >= 15 is 0 Å². The maximum absolute atomic E-state index is 15.0. The number of carbonyl (C=O) groups excluding carboxylic acids is 3. The number of carbonyl (C=O) groups is 3. The normalized spacial score (nSPS) is 20.7. The van der Waals surface area contributed by atoms with Gasteiger partial charge in [-0.1, -0.05) is 91.0 Å². The van der Waals surface area contributed by atoms with E-state index in [1.54, 1.807) is 68.9 Å². The van der Waals surface area contributed by atoms with Crippen molar-refractivity contribution in [1.82, 2.24) is 4.98 Å². The molecular weight excluding hydrogens is 564 g/mol. The SMILES string of the molecule is COc1ccc([C@H]2[C@H](C(=O)c3ccccc3)N3c4c(ccc5cccnc45)C=CC3C23C(=O)c2ccccc2C3=O)cc1OC. The second kappa shape index (κ2) is 9.99. The zero-order valence-electron chi connectivity index (χ0n) is 24.6. The topological polar surface area (TPSA) is 85.8 Å². The first-order chi connectivity index (χ1) is 22.0. The van der Waals surface area contributed by atoms with Crippen LogP contribution in [-0.2, 0) is 0 Å². The summed E-state index contributed by atoms with van der Waals surface area (Å²) < 4.78 is 11.2. The number of methoxy groups -OCH3 is 2. The zero-order valence-corrected chi connectivity index (χ0v) is 24.6. The Balaban J connectivity index is 1.48. The Morgan fingerprint density at radius 2 is 1.51 bits per heavy atom. The molecule has 1 aliphatic carbocycles. The van der Waals surface area contributed by atoms with Crippen LogP contribution >= 0.6 is 0 Å². The minimum atomic E-state index is -1.64. The molecule has 7 heteroatoms. The smallest absolute Gasteiger partial charge is 0.185 e. The molecule has 45 heavy (non-hydrogen) atoms. The minimum Gasteiger partial charge on any atom is -0.493 e. The van der Waals surface area contributed by atoms with E-state index in [9.17, 15) is 14.4 Å². The van der Waals surface area contributed by atoms with E-state index in [2.05, 4.69) is 0 Å². The summed E-state index contributed by atoms with van der Waals surface area (Å²) in [5.74, 6) is -0.700. The van der Waals surface area contributed by atoms with Crippen molar-refractivity contribution in [2.75, 3.05) is 19.1 Å². The number of pyridine rings is 1. The number of hydrogen-bond acceptors (Lipinski definition) is 7. The van der Waals surface area contributed by atoms with Crippen molar-refractivity contribution >= 4 is 40.0 Å². The number of aromatic nitrogens is 1. The zero-order chi connectivity index (χ0) is 30.9. The number of rotatable bonds is 5. The summed E-state index contributed by atoms with van der Waals surface area (Å²) in [6, 6.07) is 27.6. The summed E-state index contributed by atoms with van der Waals surface area (Å²) in [5.41, 5.74) is 2.53. The van der Waals surface area contributed by atoms with Crippen molar-refractivity contribution in [3.8, 4) is 11.5 Å². The molecule has 0 radical (unpaired) electrons. The van der Waals surface area contributed by atoms with Crippen LogP contribution in [0, 0.1) is 5.41 Å². The largest absolute Gasteiger partial charge is 0.493 e. The molecule has 5 aromatic rings. The fraction of sp³-hybridized carbons (Fsp3) is 0.158. The van der Waals surface area contributed by atoms with Crippen molar-refractivity contribution in [1.29, 1.82) is 0 Å². The summed E-state index contributed by atoms with van der Waals surface area (Å²) in [6.07, 6.45) is 5.60. The Labute approximate surface area is 259 Å². The molecule has 0 N–H and O–H groups in total. The lowest BCUT2D eigenvalue weighted by Gasteiger charge is -2.37. The first kappa shape index (κ1) is 27.0. The Morgan fingerprint density at radius 3 is 2.22 bits per heavy atom. The quantitative estimate of drug-likeness (QED) is 0.169. The predicted octanol–water partition coefficient (Wildman–Crippen LogP) is 6.57. The van der Waals surface area contributed by atoms with E-state index in [-0.39, 0.29) is 17.3 Å². The van der Waals surface area contributed by atoms with E-state index in [0.717, 1.165) is 16.6 Å². The first-order valence-electron chi connectivity index (χ1n) is 14.8. The predicted molar refractivity (Wildman–Crippen MR) is 171 cm³/mol. The molecule has 0 saturated carbocycles. The molecule has 3 atom stereocenters. The standard InChI is InChI=1S/C38H28N2O5/c1-44-28-18-16-25(21-29(28)45-2)31-34(35(41)24-9-4-3-5-10-24)40-30(38(31)36(42)26-12-6-7-13-27(26)37(38)43)19-17-23-15-14-22-11-8-20-39-32(22)33(23)40/h3-21,30-31,34H,1-2H3/t30?,31-,34+/m0/s1. The molecule has 2 aliphatic heterocycles. The molecule has 8 rings (SSSR count). The monoisotopic (exact) mass is 592 g/mol. The molecule has 1 unspecified atom stereocenters. The van der Waals surface area contributed by atoms with Gasteiger partial charge in [0.15, 0.2) is 28.8 Å². The van der Waals surface area contributed by atoms with Gasteiger partial charge in [-0.25, -0.2) is 0 Å². The maximum Gasteiger partial charge on any atom is 0.185 e. The highest BCUT2D eigenvalue weighted by molar-refractivity contribution is 6.32. The average Bonchev–Trinajstić information content (AvgIpc) is 3.53. The van der Waals surface area contributed by atoms with Gasteiger partial charge >= 0.3 is 0 Å². The summed E-state index contributed by atoms with van der Waals surface area (Å²) in [7, 11) is 3.09. The van der Waals surface area contributed by atoms with Crippen molar-refractivity contribution < 1.29 is 23.9 Å². The van der Waals surface area contributed by atoms with Crippen molar-refractivity contribution in [3.05, 3.63) is 137 Å². The highest BCUT2D eigenvalue weighted by Gasteiger charge is 2.71. The number of nitrogens with zero attached hydrogens (tertiary/aromatic N) is 2.